The first kappa shape index (κ1) is 22.4. The molecule has 9 heteroatoms. The maximum absolute atomic E-state index is 13.4. The van der Waals surface area contributed by atoms with Crippen LogP contribution in [-0.4, -0.2) is 45.0 Å². The van der Waals surface area contributed by atoms with Gasteiger partial charge < -0.3 is 5.32 Å². The first-order chi connectivity index (χ1) is 15.5. The molecule has 1 amide bonds. The molecule has 2 N–H and O–H groups in total. The molecule has 32 heavy (non-hydrogen) atoms. The summed E-state index contributed by atoms with van der Waals surface area (Å²) in [6.45, 7) is 8.53. The lowest BCUT2D eigenvalue weighted by atomic mass is 10.1. The second kappa shape index (κ2) is 9.38. The molecule has 1 fully saturated rings. The van der Waals surface area contributed by atoms with Gasteiger partial charge in [-0.05, 0) is 61.3 Å². The zero-order valence-corrected chi connectivity index (χ0v) is 19.5. The number of hydrogen-bond acceptors (Lipinski definition) is 6. The molecule has 8 nitrogen and oxygen atoms in total. The molecule has 0 saturated heterocycles. The lowest BCUT2D eigenvalue weighted by Crippen LogP contribution is -2.38. The van der Waals surface area contributed by atoms with Crippen LogP contribution in [0.25, 0.3) is 11.0 Å². The third-order valence-corrected chi connectivity index (χ3v) is 6.86. The fourth-order valence-corrected chi connectivity index (χ4v) is 4.93. The van der Waals surface area contributed by atoms with Crippen molar-refractivity contribution in [3.05, 3.63) is 60.6 Å². The van der Waals surface area contributed by atoms with Gasteiger partial charge in [-0.3, -0.25) is 24.0 Å². The lowest BCUT2D eigenvalue weighted by molar-refractivity contribution is 0.0936. The van der Waals surface area contributed by atoms with Gasteiger partial charge in [0.25, 0.3) is 11.5 Å². The van der Waals surface area contributed by atoms with E-state index in [4.69, 9.17) is 0 Å². The topological polar surface area (TPSA) is 100 Å². The summed E-state index contributed by atoms with van der Waals surface area (Å²) in [7, 11) is 0. The number of nitrogens with one attached hydrogen (secondary N) is 2. The molecule has 0 radical (unpaired) electrons. The molecule has 3 aromatic heterocycles. The summed E-state index contributed by atoms with van der Waals surface area (Å²) in [5.74, 6) is -0.0432. The second-order valence-corrected chi connectivity index (χ2v) is 8.85. The minimum absolute atomic E-state index is 0.0447. The summed E-state index contributed by atoms with van der Waals surface area (Å²) in [4.78, 5) is 47.7. The van der Waals surface area contributed by atoms with Crippen LogP contribution < -0.4 is 16.6 Å². The summed E-state index contributed by atoms with van der Waals surface area (Å²) in [6.07, 6.45) is 2.00. The second-order valence-electron chi connectivity index (χ2n) is 8.07. The highest BCUT2D eigenvalue weighted by atomic mass is 32.1. The molecule has 3 heterocycles. The highest BCUT2D eigenvalue weighted by Gasteiger charge is 2.29. The Morgan fingerprint density at radius 3 is 2.66 bits per heavy atom. The maximum atomic E-state index is 13.4. The largest absolute Gasteiger partial charge is 0.350 e. The number of hydrogen-bond donors (Lipinski definition) is 2. The molecule has 4 rings (SSSR count). The van der Waals surface area contributed by atoms with Gasteiger partial charge >= 0.3 is 5.69 Å². The lowest BCUT2D eigenvalue weighted by Gasteiger charge is -2.29. The molecule has 170 valence electrons. The zero-order valence-electron chi connectivity index (χ0n) is 18.7. The minimum Gasteiger partial charge on any atom is -0.350 e. The minimum atomic E-state index is -0.576. The van der Waals surface area contributed by atoms with Gasteiger partial charge in [0, 0.05) is 24.7 Å². The van der Waals surface area contributed by atoms with Gasteiger partial charge in [0.15, 0.2) is 5.65 Å². The van der Waals surface area contributed by atoms with Crippen LogP contribution in [0.4, 0.5) is 0 Å². The molecule has 1 saturated carbocycles. The van der Waals surface area contributed by atoms with Crippen LogP contribution in [-0.2, 0) is 6.54 Å². The summed E-state index contributed by atoms with van der Waals surface area (Å²) in [5.41, 5.74) is 1.42. The number of amides is 1. The predicted molar refractivity (Wildman–Crippen MR) is 127 cm³/mol. The number of thiophene rings is 1. The van der Waals surface area contributed by atoms with E-state index >= 15 is 0 Å². The number of likely N-dealkylation sites (N-methyl/N-ethyl adjacent to an activating group) is 1. The normalized spacial score (nSPS) is 14.8. The fourth-order valence-electron chi connectivity index (χ4n) is 4.23. The Morgan fingerprint density at radius 1 is 1.31 bits per heavy atom. The van der Waals surface area contributed by atoms with Crippen LogP contribution in [0.2, 0.25) is 0 Å². The van der Waals surface area contributed by atoms with Crippen molar-refractivity contribution in [1.82, 2.24) is 24.8 Å². The zero-order chi connectivity index (χ0) is 22.8. The third kappa shape index (κ3) is 4.27. The standard InChI is InChI=1S/C23H29N5O3S/c1-4-27(5-2)18(15-9-10-32-13-15)12-24-21(29)16-11-17(14-7-8-14)25-20-19(16)22(30)26-23(31)28(20)6-3/h9-11,13-14,18H,4-8,12H2,1-3H3,(H,24,29)(H,26,30,31). The predicted octanol–water partition coefficient (Wildman–Crippen LogP) is 2.86. The van der Waals surface area contributed by atoms with E-state index in [2.05, 4.69) is 45.5 Å². The average Bonchev–Trinajstić information content (AvgIpc) is 3.50. The van der Waals surface area contributed by atoms with E-state index in [-0.39, 0.29) is 34.5 Å². The molecule has 3 aromatic rings. The van der Waals surface area contributed by atoms with Crippen LogP contribution in [0.15, 0.2) is 32.5 Å². The van der Waals surface area contributed by atoms with Gasteiger partial charge in [0.2, 0.25) is 0 Å². The van der Waals surface area contributed by atoms with Gasteiger partial charge in [0.1, 0.15) is 0 Å². The van der Waals surface area contributed by atoms with Crippen LogP contribution >= 0.6 is 11.3 Å². The summed E-state index contributed by atoms with van der Waals surface area (Å²) >= 11 is 1.63. The molecule has 1 aliphatic carbocycles. The van der Waals surface area contributed by atoms with Crippen molar-refractivity contribution in [3.63, 3.8) is 0 Å². The third-order valence-electron chi connectivity index (χ3n) is 6.16. The van der Waals surface area contributed by atoms with E-state index in [1.807, 2.05) is 12.3 Å². The van der Waals surface area contributed by atoms with E-state index in [1.54, 1.807) is 17.4 Å². The fraction of sp³-hybridized carbons (Fsp3) is 0.478. The Hall–Kier alpha value is -2.78. The van der Waals surface area contributed by atoms with Crippen molar-refractivity contribution in [2.24, 2.45) is 0 Å². The van der Waals surface area contributed by atoms with Gasteiger partial charge in [-0.2, -0.15) is 11.3 Å². The van der Waals surface area contributed by atoms with Gasteiger partial charge in [-0.15, -0.1) is 0 Å². The first-order valence-electron chi connectivity index (χ1n) is 11.2. The SMILES string of the molecule is CCN(CC)C(CNC(=O)c1cc(C2CC2)nc2c1c(=O)[nH]c(=O)n2CC)c1ccsc1. The number of carbonyl (C=O) groups excluding carboxylic acids is 1. The molecular formula is C23H29N5O3S. The van der Waals surface area contributed by atoms with Crippen molar-refractivity contribution in [3.8, 4) is 0 Å². The highest BCUT2D eigenvalue weighted by molar-refractivity contribution is 7.08. The van der Waals surface area contributed by atoms with Gasteiger partial charge in [-0.25, -0.2) is 9.78 Å². The highest BCUT2D eigenvalue weighted by Crippen LogP contribution is 2.39. The molecule has 1 aliphatic rings. The summed E-state index contributed by atoms with van der Waals surface area (Å²) in [6, 6.07) is 3.85. The van der Waals surface area contributed by atoms with Crippen LogP contribution in [0.5, 0.6) is 0 Å². The van der Waals surface area contributed by atoms with Crippen molar-refractivity contribution in [2.75, 3.05) is 19.6 Å². The summed E-state index contributed by atoms with van der Waals surface area (Å²) < 4.78 is 1.42. The molecule has 1 atom stereocenters. The Labute approximate surface area is 190 Å². The smallest absolute Gasteiger partial charge is 0.329 e. The first-order valence-corrected chi connectivity index (χ1v) is 12.1. The Morgan fingerprint density at radius 2 is 2.06 bits per heavy atom. The van der Waals surface area contributed by atoms with E-state index < -0.39 is 11.2 Å². The number of carbonyl (C=O) groups is 1. The Kier molecular flexibility index (Phi) is 6.57. The molecule has 0 bridgehead atoms. The number of nitrogens with zero attached hydrogens (tertiary/aromatic N) is 3. The number of H-pyrrole nitrogens is 1. The molecule has 0 spiro atoms. The van der Waals surface area contributed by atoms with Gasteiger partial charge in [-0.1, -0.05) is 13.8 Å². The van der Waals surface area contributed by atoms with Crippen LogP contribution in [0.3, 0.4) is 0 Å². The number of aryl methyl sites for hydroxylation is 1. The van der Waals surface area contributed by atoms with Crippen molar-refractivity contribution in [1.29, 1.82) is 0 Å². The number of aromatic amines is 1. The van der Waals surface area contributed by atoms with E-state index in [9.17, 15) is 14.4 Å². The van der Waals surface area contributed by atoms with Gasteiger partial charge in [0.05, 0.1) is 17.0 Å². The van der Waals surface area contributed by atoms with Crippen molar-refractivity contribution < 1.29 is 4.79 Å². The number of rotatable bonds is 9. The Bertz CT molecular complexity index is 1220. The monoisotopic (exact) mass is 455 g/mol. The molecule has 0 aliphatic heterocycles. The summed E-state index contributed by atoms with van der Waals surface area (Å²) in [5, 5.41) is 7.36. The molecule has 0 aromatic carbocycles. The van der Waals surface area contributed by atoms with Crippen molar-refractivity contribution in [2.45, 2.75) is 52.1 Å². The van der Waals surface area contributed by atoms with Crippen molar-refractivity contribution >= 4 is 28.3 Å². The van der Waals surface area contributed by atoms with Crippen LogP contribution in [0.1, 0.15) is 67.2 Å². The number of fused-ring (bicyclic) bond motifs is 1. The van der Waals surface area contributed by atoms with E-state index in [1.165, 1.54) is 4.57 Å². The quantitative estimate of drug-likeness (QED) is 0.517. The molecule has 1 unspecified atom stereocenters. The molecular weight excluding hydrogens is 426 g/mol. The van der Waals surface area contributed by atoms with E-state index in [0.29, 0.717) is 13.1 Å². The Balaban J connectivity index is 1.73. The van der Waals surface area contributed by atoms with Crippen LogP contribution in [0, 0.1) is 0 Å². The number of pyridine rings is 1. The maximum Gasteiger partial charge on any atom is 0.329 e. The number of aromatic nitrogens is 3. The average molecular weight is 456 g/mol. The van der Waals surface area contributed by atoms with E-state index in [0.717, 1.165) is 37.2 Å².